The van der Waals surface area contributed by atoms with Gasteiger partial charge in [-0.25, -0.2) is 19.2 Å². The Hall–Kier alpha value is -2.97. The van der Waals surface area contributed by atoms with Crippen molar-refractivity contribution in [2.24, 2.45) is 0 Å². The molecular weight excluding hydrogens is 623 g/mol. The Morgan fingerprint density at radius 3 is 1.09 bits per heavy atom. The van der Waals surface area contributed by atoms with Crippen LogP contribution in [0.1, 0.15) is 41.4 Å². The zero-order valence-corrected chi connectivity index (χ0v) is 27.7. The van der Waals surface area contributed by atoms with Crippen molar-refractivity contribution < 1.29 is 76.3 Å². The summed E-state index contributed by atoms with van der Waals surface area (Å²) in [5, 5.41) is 31.4. The quantitative estimate of drug-likeness (QED) is 0.0698. The molecule has 0 aromatic heterocycles. The van der Waals surface area contributed by atoms with Crippen molar-refractivity contribution >= 4 is 63.6 Å². The minimum Gasteiger partial charge on any atom is -0.465 e. The maximum atomic E-state index is 11.3. The molecule has 44 heavy (non-hydrogen) atoms. The first-order chi connectivity index (χ1) is 20.3. The minimum absolute atomic E-state index is 0. The Morgan fingerprint density at radius 1 is 0.568 bits per heavy atom. The molecule has 0 aliphatic carbocycles. The summed E-state index contributed by atoms with van der Waals surface area (Å²) in [6.07, 6.45) is 0. The number of carbonyl (C=O) groups excluding carboxylic acids is 4. The summed E-state index contributed by atoms with van der Waals surface area (Å²) in [4.78, 5) is 44.1. The van der Waals surface area contributed by atoms with E-state index in [1.165, 1.54) is 38.5 Å². The number of carbonyl (C=O) groups is 4. The summed E-state index contributed by atoms with van der Waals surface area (Å²) in [6, 6.07) is 8.94. The molecule has 0 spiro atoms. The number of rotatable bonds is 10. The molecule has 1 radical (unpaired) electrons. The van der Waals surface area contributed by atoms with E-state index >= 15 is 0 Å². The Bertz CT molecular complexity index is 1160. The minimum atomic E-state index is -4.55. The van der Waals surface area contributed by atoms with E-state index in [-0.39, 0.29) is 67.1 Å². The predicted molar refractivity (Wildman–Crippen MR) is 153 cm³/mol. The molecule has 0 fully saturated rings. The van der Waals surface area contributed by atoms with E-state index in [1.54, 1.807) is 0 Å². The van der Waals surface area contributed by atoms with Gasteiger partial charge in [-0.1, -0.05) is 0 Å². The van der Waals surface area contributed by atoms with E-state index in [0.29, 0.717) is 24.3 Å². The zero-order chi connectivity index (χ0) is 33.4. The second-order valence-electron chi connectivity index (χ2n) is 7.27. The van der Waals surface area contributed by atoms with Crippen LogP contribution in [0.2, 0.25) is 0 Å². The number of hydrogen-bond acceptors (Lipinski definition) is 15. The number of benzene rings is 2. The monoisotopic (exact) mass is 659 g/mol. The van der Waals surface area contributed by atoms with Gasteiger partial charge in [0.05, 0.1) is 95.2 Å². The van der Waals surface area contributed by atoms with Gasteiger partial charge in [-0.15, -0.1) is 0 Å². The fourth-order valence-corrected chi connectivity index (χ4v) is 2.98. The van der Waals surface area contributed by atoms with Crippen molar-refractivity contribution in [3.05, 3.63) is 64.7 Å². The van der Waals surface area contributed by atoms with Crippen LogP contribution < -0.4 is 0 Å². The smallest absolute Gasteiger partial charge is 0.337 e. The maximum absolute atomic E-state index is 11.3. The summed E-state index contributed by atoms with van der Waals surface area (Å²) >= 11 is 0. The van der Waals surface area contributed by atoms with Crippen molar-refractivity contribution in [2.45, 2.75) is 4.90 Å². The summed E-state index contributed by atoms with van der Waals surface area (Å²) in [6.45, 7) is 0.446. The van der Waals surface area contributed by atoms with Gasteiger partial charge in [-0.05, 0) is 42.5 Å². The van der Waals surface area contributed by atoms with E-state index < -0.39 is 38.9 Å². The predicted octanol–water partition coefficient (Wildman–Crippen LogP) is -0.656. The van der Waals surface area contributed by atoms with Crippen LogP contribution >= 0.6 is 0 Å². The molecule has 5 N–H and O–H groups in total. The van der Waals surface area contributed by atoms with Gasteiger partial charge in [-0.2, -0.15) is 8.42 Å². The number of methoxy groups -OCH3 is 4. The van der Waals surface area contributed by atoms with E-state index in [2.05, 4.69) is 23.7 Å². The molecule has 243 valence electrons. The summed E-state index contributed by atoms with van der Waals surface area (Å²) in [7, 11) is 0.252. The Morgan fingerprint density at radius 2 is 0.864 bits per heavy atom. The Kier molecular flexibility index (Phi) is 27.3. The van der Waals surface area contributed by atoms with Crippen LogP contribution in [0.25, 0.3) is 0 Å². The van der Waals surface area contributed by atoms with Crippen LogP contribution in [0.15, 0.2) is 47.4 Å². The van der Waals surface area contributed by atoms with Crippen molar-refractivity contribution in [3.8, 4) is 0 Å². The number of aliphatic hydroxyl groups excluding tert-OH is 4. The Labute approximate surface area is 276 Å². The van der Waals surface area contributed by atoms with Gasteiger partial charge in [0.25, 0.3) is 10.1 Å². The van der Waals surface area contributed by atoms with Gasteiger partial charge in [-0.3, -0.25) is 4.55 Å². The SMILES string of the molecule is COC(=O)c1cc(C(=O)OC)cc(S(=O)(=O)O)c1.COC(=O)c1ccc(C(=O)OC)cc1.OCCO.OCCOCCO.[Na]. The molecule has 0 aliphatic heterocycles. The van der Waals surface area contributed by atoms with Crippen LogP contribution in [0, 0.1) is 0 Å². The number of aliphatic hydroxyl groups is 4. The van der Waals surface area contributed by atoms with Crippen LogP contribution in [0.3, 0.4) is 0 Å². The average Bonchev–Trinajstić information content (AvgIpc) is 3.03. The van der Waals surface area contributed by atoms with Crippen LogP contribution in [0.5, 0.6) is 0 Å². The standard InChI is InChI=1S/C10H10O7S.C10H10O4.C4H10O3.C2H6O2.Na/c1-16-9(11)6-3-7(10(12)17-2)5-8(4-6)18(13,14)15;1-13-9(11)7-3-5-8(6-4-7)10(12)14-2;5-1-3-7-4-2-6;3-1-2-4;/h3-5H,1-2H3,(H,13,14,15);3-6H,1-2H3;5-6H,1-4H2;3-4H,1-2H2;. The average molecular weight is 660 g/mol. The third-order valence-corrected chi connectivity index (χ3v) is 5.18. The molecule has 0 bridgehead atoms. The summed E-state index contributed by atoms with van der Waals surface area (Å²) in [5.41, 5.74) is 0.432. The molecule has 16 nitrogen and oxygen atoms in total. The third kappa shape index (κ3) is 19.3. The number of esters is 4. The first-order valence-corrected chi connectivity index (χ1v) is 13.3. The maximum Gasteiger partial charge on any atom is 0.337 e. The van der Waals surface area contributed by atoms with Gasteiger partial charge in [0.15, 0.2) is 0 Å². The van der Waals surface area contributed by atoms with E-state index in [0.717, 1.165) is 32.4 Å². The van der Waals surface area contributed by atoms with E-state index in [9.17, 15) is 27.6 Å². The molecule has 2 aromatic carbocycles. The molecule has 0 saturated heterocycles. The van der Waals surface area contributed by atoms with Crippen molar-refractivity contribution in [1.82, 2.24) is 0 Å². The second kappa shape index (κ2) is 26.4. The van der Waals surface area contributed by atoms with Crippen molar-refractivity contribution in [3.63, 3.8) is 0 Å². The molecule has 2 rings (SSSR count). The van der Waals surface area contributed by atoms with Crippen LogP contribution in [0.4, 0.5) is 0 Å². The number of ether oxygens (including phenoxy) is 5. The second-order valence-corrected chi connectivity index (χ2v) is 8.69. The molecule has 0 amide bonds. The van der Waals surface area contributed by atoms with Gasteiger partial charge < -0.3 is 44.1 Å². The van der Waals surface area contributed by atoms with E-state index in [4.69, 9.17) is 25.0 Å². The van der Waals surface area contributed by atoms with Gasteiger partial charge in [0, 0.05) is 29.6 Å². The Balaban J connectivity index is -0.000000572. The molecule has 0 aliphatic rings. The third-order valence-electron chi connectivity index (χ3n) is 4.34. The topological polar surface area (TPSA) is 250 Å². The van der Waals surface area contributed by atoms with Gasteiger partial charge in [0.1, 0.15) is 0 Å². The van der Waals surface area contributed by atoms with Crippen molar-refractivity contribution in [2.75, 3.05) is 68.1 Å². The first-order valence-electron chi connectivity index (χ1n) is 11.9. The van der Waals surface area contributed by atoms with Gasteiger partial charge >= 0.3 is 23.9 Å². The molecule has 0 saturated carbocycles. The fourth-order valence-electron chi connectivity index (χ4n) is 2.43. The van der Waals surface area contributed by atoms with Gasteiger partial charge in [0.2, 0.25) is 0 Å². The first kappa shape index (κ1) is 45.5. The number of hydrogen-bond donors (Lipinski definition) is 5. The largest absolute Gasteiger partial charge is 0.465 e. The zero-order valence-electron chi connectivity index (χ0n) is 24.9. The van der Waals surface area contributed by atoms with Crippen LogP contribution in [-0.2, 0) is 33.8 Å². The van der Waals surface area contributed by atoms with Crippen molar-refractivity contribution in [1.29, 1.82) is 0 Å². The van der Waals surface area contributed by atoms with E-state index in [1.807, 2.05) is 0 Å². The molecule has 2 aromatic rings. The molecular formula is C26H36NaO16S. The summed E-state index contributed by atoms with van der Waals surface area (Å²) in [5.74, 6) is -2.54. The van der Waals surface area contributed by atoms with Crippen LogP contribution in [-0.4, -0.2) is 155 Å². The molecule has 18 heteroatoms. The fraction of sp³-hybridized carbons (Fsp3) is 0.385. The summed E-state index contributed by atoms with van der Waals surface area (Å²) < 4.78 is 53.4. The molecule has 0 unspecified atom stereocenters. The normalized spacial score (nSPS) is 9.57. The molecule has 0 atom stereocenters. The molecule has 0 heterocycles.